The molecule has 0 aliphatic carbocycles. The first-order valence-electron chi connectivity index (χ1n) is 7.18. The van der Waals surface area contributed by atoms with Crippen molar-refractivity contribution >= 4 is 28.9 Å². The van der Waals surface area contributed by atoms with Crippen LogP contribution in [-0.4, -0.2) is 31.2 Å². The second kappa shape index (κ2) is 8.17. The highest BCUT2D eigenvalue weighted by molar-refractivity contribution is 6.31. The van der Waals surface area contributed by atoms with E-state index in [-0.39, 0.29) is 11.4 Å². The van der Waals surface area contributed by atoms with E-state index in [0.717, 1.165) is 12.1 Å². The topological polar surface area (TPSA) is 63.2 Å². The molecule has 2 rings (SSSR count). The van der Waals surface area contributed by atoms with E-state index in [9.17, 15) is 18.0 Å². The molecule has 0 fully saturated rings. The number of methoxy groups -OCH3 is 1. The zero-order valence-electron chi connectivity index (χ0n) is 13.2. The minimum Gasteiger partial charge on any atom is -0.383 e. The molecular formula is C16H15ClF3N3O2. The number of benzene rings is 1. The van der Waals surface area contributed by atoms with E-state index < -0.39 is 22.7 Å². The smallest absolute Gasteiger partial charge is 0.383 e. The van der Waals surface area contributed by atoms with Gasteiger partial charge in [0.25, 0.3) is 5.91 Å². The lowest BCUT2D eigenvalue weighted by Gasteiger charge is -2.12. The SMILES string of the molecule is COCCNc1ccc(C(=O)Nc2ccc(Cl)c(C(F)(F)F)c2)nc1. The number of ether oxygens (including phenoxy) is 1. The molecule has 2 aromatic rings. The van der Waals surface area contributed by atoms with E-state index in [0.29, 0.717) is 18.8 Å². The van der Waals surface area contributed by atoms with Gasteiger partial charge in [0.2, 0.25) is 0 Å². The number of aromatic nitrogens is 1. The summed E-state index contributed by atoms with van der Waals surface area (Å²) in [5, 5.41) is 4.97. The van der Waals surface area contributed by atoms with Crippen LogP contribution in [0.3, 0.4) is 0 Å². The van der Waals surface area contributed by atoms with Gasteiger partial charge in [0.15, 0.2) is 0 Å². The fourth-order valence-electron chi connectivity index (χ4n) is 1.95. The summed E-state index contributed by atoms with van der Waals surface area (Å²) in [7, 11) is 1.58. The van der Waals surface area contributed by atoms with E-state index in [2.05, 4.69) is 15.6 Å². The van der Waals surface area contributed by atoms with Crippen molar-refractivity contribution in [3.8, 4) is 0 Å². The molecule has 1 aromatic heterocycles. The molecule has 1 aromatic carbocycles. The summed E-state index contributed by atoms with van der Waals surface area (Å²) < 4.78 is 43.4. The minimum atomic E-state index is -4.61. The number of nitrogens with zero attached hydrogens (tertiary/aromatic N) is 1. The quantitative estimate of drug-likeness (QED) is 0.749. The molecule has 25 heavy (non-hydrogen) atoms. The molecule has 0 aliphatic heterocycles. The van der Waals surface area contributed by atoms with Crippen molar-refractivity contribution in [3.63, 3.8) is 0 Å². The predicted octanol–water partition coefficient (Wildman–Crippen LogP) is 4.06. The average Bonchev–Trinajstić information content (AvgIpc) is 2.56. The zero-order valence-corrected chi connectivity index (χ0v) is 13.9. The third-order valence-corrected chi connectivity index (χ3v) is 3.49. The summed E-state index contributed by atoms with van der Waals surface area (Å²) in [5.74, 6) is -0.626. The lowest BCUT2D eigenvalue weighted by molar-refractivity contribution is -0.137. The van der Waals surface area contributed by atoms with Crippen LogP contribution in [0.1, 0.15) is 16.1 Å². The number of pyridine rings is 1. The first kappa shape index (κ1) is 19.0. The predicted molar refractivity (Wildman–Crippen MR) is 89.0 cm³/mol. The standard InChI is InChI=1S/C16H15ClF3N3O2/c1-25-7-6-21-11-3-5-14(22-9-11)15(24)23-10-2-4-13(17)12(8-10)16(18,19)20/h2-5,8-9,21H,6-7H2,1H3,(H,23,24). The van der Waals surface area contributed by atoms with Crippen LogP contribution in [0.5, 0.6) is 0 Å². The summed E-state index contributed by atoms with van der Waals surface area (Å²) >= 11 is 5.54. The maximum absolute atomic E-state index is 12.8. The molecule has 0 radical (unpaired) electrons. The number of carbonyl (C=O) groups is 1. The number of anilines is 2. The Morgan fingerprint density at radius 2 is 1.96 bits per heavy atom. The van der Waals surface area contributed by atoms with Gasteiger partial charge in [-0.2, -0.15) is 13.2 Å². The van der Waals surface area contributed by atoms with Gasteiger partial charge in [0.05, 0.1) is 29.1 Å². The van der Waals surface area contributed by atoms with Gasteiger partial charge in [-0.15, -0.1) is 0 Å². The largest absolute Gasteiger partial charge is 0.417 e. The van der Waals surface area contributed by atoms with Crippen LogP contribution in [0.15, 0.2) is 36.5 Å². The lowest BCUT2D eigenvalue weighted by atomic mass is 10.2. The van der Waals surface area contributed by atoms with Crippen LogP contribution in [-0.2, 0) is 10.9 Å². The fourth-order valence-corrected chi connectivity index (χ4v) is 2.17. The van der Waals surface area contributed by atoms with Gasteiger partial charge in [-0.25, -0.2) is 4.98 Å². The van der Waals surface area contributed by atoms with Crippen molar-refractivity contribution in [2.75, 3.05) is 30.9 Å². The normalized spacial score (nSPS) is 11.2. The van der Waals surface area contributed by atoms with E-state index in [1.165, 1.54) is 18.3 Å². The monoisotopic (exact) mass is 373 g/mol. The highest BCUT2D eigenvalue weighted by Crippen LogP contribution is 2.36. The van der Waals surface area contributed by atoms with Crippen LogP contribution < -0.4 is 10.6 Å². The molecule has 0 bridgehead atoms. The Labute approximate surface area is 147 Å². The first-order valence-corrected chi connectivity index (χ1v) is 7.56. The maximum atomic E-state index is 12.8. The Kier molecular flexibility index (Phi) is 6.22. The molecular weight excluding hydrogens is 359 g/mol. The van der Waals surface area contributed by atoms with E-state index in [4.69, 9.17) is 16.3 Å². The second-order valence-corrected chi connectivity index (χ2v) is 5.41. The van der Waals surface area contributed by atoms with Crippen LogP contribution in [0.4, 0.5) is 24.5 Å². The van der Waals surface area contributed by atoms with Gasteiger partial charge in [0, 0.05) is 19.3 Å². The molecule has 1 amide bonds. The van der Waals surface area contributed by atoms with E-state index >= 15 is 0 Å². The summed E-state index contributed by atoms with van der Waals surface area (Å²) in [6, 6.07) is 6.25. The Bertz CT molecular complexity index is 736. The molecule has 134 valence electrons. The third-order valence-electron chi connectivity index (χ3n) is 3.16. The Hall–Kier alpha value is -2.32. The number of carbonyl (C=O) groups excluding carboxylic acids is 1. The van der Waals surface area contributed by atoms with E-state index in [1.54, 1.807) is 13.2 Å². The molecule has 0 saturated heterocycles. The molecule has 0 atom stereocenters. The van der Waals surface area contributed by atoms with Gasteiger partial charge >= 0.3 is 6.18 Å². The molecule has 2 N–H and O–H groups in total. The molecule has 0 unspecified atom stereocenters. The molecule has 0 saturated carbocycles. The van der Waals surface area contributed by atoms with Crippen molar-refractivity contribution in [3.05, 3.63) is 52.8 Å². The number of rotatable bonds is 6. The Morgan fingerprint density at radius 1 is 1.24 bits per heavy atom. The molecule has 0 aliphatic rings. The van der Waals surface area contributed by atoms with Crippen LogP contribution in [0.25, 0.3) is 0 Å². The summed E-state index contributed by atoms with van der Waals surface area (Å²) in [4.78, 5) is 16.1. The van der Waals surface area contributed by atoms with Gasteiger partial charge in [-0.05, 0) is 30.3 Å². The van der Waals surface area contributed by atoms with Crippen molar-refractivity contribution in [2.24, 2.45) is 0 Å². The number of nitrogens with one attached hydrogen (secondary N) is 2. The number of hydrogen-bond acceptors (Lipinski definition) is 4. The summed E-state index contributed by atoms with van der Waals surface area (Å²) in [6.07, 6.45) is -3.15. The van der Waals surface area contributed by atoms with Crippen molar-refractivity contribution in [1.29, 1.82) is 0 Å². The van der Waals surface area contributed by atoms with Crippen LogP contribution in [0.2, 0.25) is 5.02 Å². The summed E-state index contributed by atoms with van der Waals surface area (Å²) in [6.45, 7) is 1.09. The van der Waals surface area contributed by atoms with Crippen LogP contribution >= 0.6 is 11.6 Å². The zero-order chi connectivity index (χ0) is 18.4. The molecule has 5 nitrogen and oxygen atoms in total. The van der Waals surface area contributed by atoms with E-state index in [1.807, 2.05) is 0 Å². The molecule has 0 spiro atoms. The average molecular weight is 374 g/mol. The Balaban J connectivity index is 2.07. The number of alkyl halides is 3. The van der Waals surface area contributed by atoms with Crippen LogP contribution in [0, 0.1) is 0 Å². The van der Waals surface area contributed by atoms with Crippen molar-refractivity contribution in [2.45, 2.75) is 6.18 Å². The number of halogens is 4. The second-order valence-electron chi connectivity index (χ2n) is 5.00. The molecule has 9 heteroatoms. The fraction of sp³-hybridized carbons (Fsp3) is 0.250. The number of hydrogen-bond donors (Lipinski definition) is 2. The minimum absolute atomic E-state index is 0.0224. The lowest BCUT2D eigenvalue weighted by Crippen LogP contribution is -2.15. The van der Waals surface area contributed by atoms with Gasteiger partial charge < -0.3 is 15.4 Å². The number of amides is 1. The highest BCUT2D eigenvalue weighted by Gasteiger charge is 2.33. The highest BCUT2D eigenvalue weighted by atomic mass is 35.5. The van der Waals surface area contributed by atoms with Gasteiger partial charge in [-0.3, -0.25) is 4.79 Å². The van der Waals surface area contributed by atoms with Crippen molar-refractivity contribution in [1.82, 2.24) is 4.98 Å². The van der Waals surface area contributed by atoms with Gasteiger partial charge in [-0.1, -0.05) is 11.6 Å². The summed E-state index contributed by atoms with van der Waals surface area (Å²) in [5.41, 5.74) is -0.274. The van der Waals surface area contributed by atoms with Gasteiger partial charge in [0.1, 0.15) is 5.69 Å². The van der Waals surface area contributed by atoms with Crippen molar-refractivity contribution < 1.29 is 22.7 Å². The maximum Gasteiger partial charge on any atom is 0.417 e. The third kappa shape index (κ3) is 5.33. The Morgan fingerprint density at radius 3 is 2.56 bits per heavy atom. The molecule has 1 heterocycles. The first-order chi connectivity index (χ1) is 11.8.